The topological polar surface area (TPSA) is 52.5 Å². The van der Waals surface area contributed by atoms with Gasteiger partial charge in [0.2, 0.25) is 0 Å². The number of hydrogen-bond acceptors (Lipinski definition) is 3. The molecule has 0 saturated heterocycles. The average molecular weight is 267 g/mol. The van der Waals surface area contributed by atoms with Crippen molar-refractivity contribution in [2.75, 3.05) is 13.2 Å². The fourth-order valence-electron chi connectivity index (χ4n) is 2.90. The summed E-state index contributed by atoms with van der Waals surface area (Å²) in [5.74, 6) is -0.474. The standard InChI is InChI=1S/C15H22FNO2/c16-13-6-12(7-14(19)8-13)9-17-10-15(11-18)4-2-1-3-5-15/h6-8,17-19H,1-5,9-11H2. The van der Waals surface area contributed by atoms with Crippen molar-refractivity contribution < 1.29 is 14.6 Å². The van der Waals surface area contributed by atoms with Crippen LogP contribution in [0.2, 0.25) is 0 Å². The van der Waals surface area contributed by atoms with Gasteiger partial charge in [-0.25, -0.2) is 4.39 Å². The smallest absolute Gasteiger partial charge is 0.127 e. The van der Waals surface area contributed by atoms with Crippen LogP contribution in [-0.4, -0.2) is 23.4 Å². The summed E-state index contributed by atoms with van der Waals surface area (Å²) in [7, 11) is 0. The molecule has 19 heavy (non-hydrogen) atoms. The largest absolute Gasteiger partial charge is 0.508 e. The Bertz CT molecular complexity index is 396. The number of rotatable bonds is 5. The number of halogens is 1. The van der Waals surface area contributed by atoms with E-state index in [9.17, 15) is 14.6 Å². The Balaban J connectivity index is 1.88. The molecule has 1 aromatic carbocycles. The van der Waals surface area contributed by atoms with Crippen molar-refractivity contribution >= 4 is 0 Å². The molecular weight excluding hydrogens is 245 g/mol. The summed E-state index contributed by atoms with van der Waals surface area (Å²) in [5, 5.41) is 22.2. The maximum atomic E-state index is 13.1. The minimum absolute atomic E-state index is 0.0202. The maximum Gasteiger partial charge on any atom is 0.127 e. The zero-order chi connectivity index (χ0) is 13.7. The number of phenolic OH excluding ortho intramolecular Hbond substituents is 1. The molecule has 0 aliphatic heterocycles. The van der Waals surface area contributed by atoms with Crippen LogP contribution in [0.5, 0.6) is 5.75 Å². The van der Waals surface area contributed by atoms with Gasteiger partial charge in [0.15, 0.2) is 0 Å². The fourth-order valence-corrected chi connectivity index (χ4v) is 2.90. The lowest BCUT2D eigenvalue weighted by Crippen LogP contribution is -2.38. The number of phenols is 1. The highest BCUT2D eigenvalue weighted by Crippen LogP contribution is 2.35. The van der Waals surface area contributed by atoms with Crippen LogP contribution in [0.1, 0.15) is 37.7 Å². The van der Waals surface area contributed by atoms with E-state index < -0.39 is 5.82 Å². The Hall–Kier alpha value is -1.13. The number of nitrogens with one attached hydrogen (secondary N) is 1. The molecule has 3 N–H and O–H groups in total. The maximum absolute atomic E-state index is 13.1. The summed E-state index contributed by atoms with van der Waals surface area (Å²) in [6.07, 6.45) is 5.68. The molecule has 4 heteroatoms. The molecule has 1 aromatic rings. The van der Waals surface area contributed by atoms with Crippen LogP contribution in [0.25, 0.3) is 0 Å². The van der Waals surface area contributed by atoms with Gasteiger partial charge in [0.05, 0.1) is 0 Å². The van der Waals surface area contributed by atoms with Crippen LogP contribution in [0.4, 0.5) is 4.39 Å². The molecule has 1 saturated carbocycles. The van der Waals surface area contributed by atoms with E-state index in [-0.39, 0.29) is 17.8 Å². The second-order valence-electron chi connectivity index (χ2n) is 5.64. The third kappa shape index (κ3) is 3.91. The molecule has 1 aliphatic rings. The number of aromatic hydroxyl groups is 1. The van der Waals surface area contributed by atoms with Gasteiger partial charge in [-0.15, -0.1) is 0 Å². The predicted octanol–water partition coefficient (Wildman–Crippen LogP) is 2.56. The van der Waals surface area contributed by atoms with Crippen molar-refractivity contribution in [1.82, 2.24) is 5.32 Å². The number of aliphatic hydroxyl groups is 1. The quantitative estimate of drug-likeness (QED) is 0.768. The Morgan fingerprint density at radius 2 is 1.89 bits per heavy atom. The van der Waals surface area contributed by atoms with Gasteiger partial charge in [0.25, 0.3) is 0 Å². The van der Waals surface area contributed by atoms with Crippen LogP contribution in [0.3, 0.4) is 0 Å². The summed E-state index contributed by atoms with van der Waals surface area (Å²) in [5.41, 5.74) is 0.703. The highest BCUT2D eigenvalue weighted by Gasteiger charge is 2.30. The third-order valence-corrected chi connectivity index (χ3v) is 4.02. The highest BCUT2D eigenvalue weighted by atomic mass is 19.1. The van der Waals surface area contributed by atoms with Crippen LogP contribution in [0, 0.1) is 11.2 Å². The van der Waals surface area contributed by atoms with Gasteiger partial charge in [-0.2, -0.15) is 0 Å². The summed E-state index contributed by atoms with van der Waals surface area (Å²) in [6, 6.07) is 4.07. The van der Waals surface area contributed by atoms with Crippen molar-refractivity contribution in [3.05, 3.63) is 29.6 Å². The molecule has 106 valence electrons. The highest BCUT2D eigenvalue weighted by molar-refractivity contribution is 5.28. The second-order valence-corrected chi connectivity index (χ2v) is 5.64. The Morgan fingerprint density at radius 1 is 1.16 bits per heavy atom. The van der Waals surface area contributed by atoms with Crippen LogP contribution >= 0.6 is 0 Å². The fraction of sp³-hybridized carbons (Fsp3) is 0.600. The van der Waals surface area contributed by atoms with E-state index in [0.717, 1.165) is 31.0 Å². The SMILES string of the molecule is OCC1(CNCc2cc(O)cc(F)c2)CCCCC1. The number of hydrogen-bond donors (Lipinski definition) is 3. The normalized spacial score (nSPS) is 18.4. The monoisotopic (exact) mass is 267 g/mol. The Labute approximate surface area is 113 Å². The van der Waals surface area contributed by atoms with Crippen molar-refractivity contribution in [3.8, 4) is 5.75 Å². The summed E-state index contributed by atoms with van der Waals surface area (Å²) < 4.78 is 13.1. The lowest BCUT2D eigenvalue weighted by Gasteiger charge is -2.35. The molecule has 0 spiro atoms. The molecular formula is C15H22FNO2. The van der Waals surface area contributed by atoms with E-state index >= 15 is 0 Å². The van der Waals surface area contributed by atoms with Gasteiger partial charge in [0.1, 0.15) is 11.6 Å². The molecule has 0 amide bonds. The summed E-state index contributed by atoms with van der Waals surface area (Å²) in [4.78, 5) is 0. The van der Waals surface area contributed by atoms with E-state index in [1.165, 1.54) is 25.3 Å². The second kappa shape index (κ2) is 6.35. The summed E-state index contributed by atoms with van der Waals surface area (Å²) >= 11 is 0. The number of benzene rings is 1. The van der Waals surface area contributed by atoms with Gasteiger partial charge in [0, 0.05) is 31.2 Å². The molecule has 1 aliphatic carbocycles. The molecule has 0 radical (unpaired) electrons. The van der Waals surface area contributed by atoms with Gasteiger partial charge < -0.3 is 15.5 Å². The summed E-state index contributed by atoms with van der Waals surface area (Å²) in [6.45, 7) is 1.45. The zero-order valence-electron chi connectivity index (χ0n) is 11.2. The van der Waals surface area contributed by atoms with E-state index in [4.69, 9.17) is 0 Å². The predicted molar refractivity (Wildman–Crippen MR) is 72.4 cm³/mol. The van der Waals surface area contributed by atoms with E-state index in [1.807, 2.05) is 0 Å². The first-order valence-electron chi connectivity index (χ1n) is 6.94. The first-order valence-corrected chi connectivity index (χ1v) is 6.94. The molecule has 2 rings (SSSR count). The minimum atomic E-state index is -0.425. The first-order chi connectivity index (χ1) is 9.13. The molecule has 0 bridgehead atoms. The third-order valence-electron chi connectivity index (χ3n) is 4.02. The first kappa shape index (κ1) is 14.3. The zero-order valence-corrected chi connectivity index (χ0v) is 11.2. The van der Waals surface area contributed by atoms with E-state index in [2.05, 4.69) is 5.32 Å². The van der Waals surface area contributed by atoms with Crippen LogP contribution < -0.4 is 5.32 Å². The van der Waals surface area contributed by atoms with Crippen molar-refractivity contribution in [1.29, 1.82) is 0 Å². The van der Waals surface area contributed by atoms with E-state index in [0.29, 0.717) is 6.54 Å². The minimum Gasteiger partial charge on any atom is -0.508 e. The van der Waals surface area contributed by atoms with Gasteiger partial charge in [-0.05, 0) is 30.5 Å². The molecule has 0 heterocycles. The molecule has 0 unspecified atom stereocenters. The van der Waals surface area contributed by atoms with Crippen molar-refractivity contribution in [2.45, 2.75) is 38.6 Å². The van der Waals surface area contributed by atoms with Gasteiger partial charge in [-0.1, -0.05) is 19.3 Å². The number of aliphatic hydroxyl groups excluding tert-OH is 1. The van der Waals surface area contributed by atoms with Crippen molar-refractivity contribution in [2.24, 2.45) is 5.41 Å². The van der Waals surface area contributed by atoms with Gasteiger partial charge in [-0.3, -0.25) is 0 Å². The Kier molecular flexibility index (Phi) is 4.77. The lowest BCUT2D eigenvalue weighted by molar-refractivity contribution is 0.0810. The van der Waals surface area contributed by atoms with Crippen LogP contribution in [-0.2, 0) is 6.54 Å². The van der Waals surface area contributed by atoms with E-state index in [1.54, 1.807) is 6.07 Å². The molecule has 3 nitrogen and oxygen atoms in total. The molecule has 0 atom stereocenters. The van der Waals surface area contributed by atoms with Crippen LogP contribution in [0.15, 0.2) is 18.2 Å². The average Bonchev–Trinajstić information content (AvgIpc) is 2.39. The lowest BCUT2D eigenvalue weighted by atomic mass is 9.74. The molecule has 1 fully saturated rings. The van der Waals surface area contributed by atoms with Gasteiger partial charge >= 0.3 is 0 Å². The molecule has 0 aromatic heterocycles. The Morgan fingerprint density at radius 3 is 2.53 bits per heavy atom. The van der Waals surface area contributed by atoms with Crippen molar-refractivity contribution in [3.63, 3.8) is 0 Å².